The first-order valence-corrected chi connectivity index (χ1v) is 9.78. The molecule has 9 nitrogen and oxygen atoms in total. The third-order valence-electron chi connectivity index (χ3n) is 5.05. The van der Waals surface area contributed by atoms with E-state index in [1.54, 1.807) is 37.4 Å². The zero-order valence-corrected chi connectivity index (χ0v) is 18.0. The van der Waals surface area contributed by atoms with Crippen LogP contribution in [0.15, 0.2) is 45.6 Å². The Bertz CT molecular complexity index is 1210. The van der Waals surface area contributed by atoms with E-state index >= 15 is 0 Å². The summed E-state index contributed by atoms with van der Waals surface area (Å²) in [6, 6.07) is 9.90. The molecule has 0 saturated heterocycles. The quantitative estimate of drug-likeness (QED) is 0.420. The molecule has 1 aromatic heterocycles. The highest BCUT2D eigenvalue weighted by Gasteiger charge is 2.38. The van der Waals surface area contributed by atoms with Gasteiger partial charge in [0.05, 0.1) is 21.3 Å². The number of benzene rings is 2. The van der Waals surface area contributed by atoms with Crippen molar-refractivity contribution in [1.82, 2.24) is 0 Å². The van der Waals surface area contributed by atoms with E-state index in [-0.39, 0.29) is 23.7 Å². The second kappa shape index (κ2) is 8.70. The molecular weight excluding hydrogens is 420 g/mol. The number of methoxy groups -OCH3 is 3. The summed E-state index contributed by atoms with van der Waals surface area (Å²) in [5.74, 6) is 1.46. The molecule has 0 spiro atoms. The largest absolute Gasteiger partial charge is 0.493 e. The molecule has 0 saturated carbocycles. The lowest BCUT2D eigenvalue weighted by atomic mass is 10.0. The van der Waals surface area contributed by atoms with Crippen molar-refractivity contribution < 1.29 is 37.6 Å². The number of hydrogen-bond donors (Lipinski definition) is 0. The van der Waals surface area contributed by atoms with Crippen LogP contribution in [0.3, 0.4) is 0 Å². The zero-order valence-electron chi connectivity index (χ0n) is 18.0. The smallest absolute Gasteiger partial charge is 0.336 e. The molecule has 0 radical (unpaired) electrons. The summed E-state index contributed by atoms with van der Waals surface area (Å²) < 4.78 is 39.3. The summed E-state index contributed by atoms with van der Waals surface area (Å²) in [5, 5.41) is 0.597. The maximum Gasteiger partial charge on any atom is 0.336 e. The van der Waals surface area contributed by atoms with Crippen LogP contribution >= 0.6 is 0 Å². The molecule has 2 aromatic carbocycles. The fourth-order valence-corrected chi connectivity index (χ4v) is 3.56. The van der Waals surface area contributed by atoms with Gasteiger partial charge in [-0.25, -0.2) is 4.79 Å². The van der Waals surface area contributed by atoms with Gasteiger partial charge in [0.25, 0.3) is 0 Å². The molecule has 0 fully saturated rings. The van der Waals surface area contributed by atoms with Crippen molar-refractivity contribution in [2.45, 2.75) is 19.1 Å². The van der Waals surface area contributed by atoms with E-state index in [4.69, 9.17) is 32.8 Å². The maximum absolute atomic E-state index is 11.8. The summed E-state index contributed by atoms with van der Waals surface area (Å²) >= 11 is 0. The number of carbonyl (C=O) groups is 1. The van der Waals surface area contributed by atoms with Gasteiger partial charge in [-0.15, -0.1) is 0 Å². The van der Waals surface area contributed by atoms with Crippen molar-refractivity contribution in [1.29, 1.82) is 0 Å². The Morgan fingerprint density at radius 3 is 2.34 bits per heavy atom. The van der Waals surface area contributed by atoms with Crippen LogP contribution in [0.4, 0.5) is 0 Å². The molecule has 32 heavy (non-hydrogen) atoms. The molecule has 1 aliphatic rings. The molecule has 4 rings (SSSR count). The molecule has 1 aliphatic heterocycles. The van der Waals surface area contributed by atoms with Gasteiger partial charge in [0.15, 0.2) is 35.0 Å². The summed E-state index contributed by atoms with van der Waals surface area (Å²) in [5.41, 5.74) is 0.376. The SMILES string of the molecule is COc1ccc([C@H]2Oc3c(OC)cc4ccc(=O)oc4c3O[C@@H]2COC(C)=O)cc1OC. The number of carbonyl (C=O) groups excluding carboxylic acids is 1. The van der Waals surface area contributed by atoms with E-state index in [9.17, 15) is 9.59 Å². The molecule has 0 N–H and O–H groups in total. The molecule has 0 bridgehead atoms. The zero-order chi connectivity index (χ0) is 22.8. The summed E-state index contributed by atoms with van der Waals surface area (Å²) in [7, 11) is 4.57. The first kappa shape index (κ1) is 21.4. The first-order valence-electron chi connectivity index (χ1n) is 9.78. The molecule has 9 heteroatoms. The topological polar surface area (TPSA) is 103 Å². The van der Waals surface area contributed by atoms with Gasteiger partial charge in [-0.05, 0) is 24.3 Å². The Balaban J connectivity index is 1.85. The van der Waals surface area contributed by atoms with Gasteiger partial charge in [-0.1, -0.05) is 6.07 Å². The number of rotatable bonds is 6. The minimum atomic E-state index is -0.745. The Labute approximate surface area is 183 Å². The molecule has 168 valence electrons. The molecule has 2 atom stereocenters. The van der Waals surface area contributed by atoms with Gasteiger partial charge in [0.1, 0.15) is 6.61 Å². The Morgan fingerprint density at radius 2 is 1.66 bits per heavy atom. The van der Waals surface area contributed by atoms with E-state index in [0.29, 0.717) is 28.2 Å². The Kier molecular flexibility index (Phi) is 5.81. The van der Waals surface area contributed by atoms with Gasteiger partial charge in [0.2, 0.25) is 11.5 Å². The average Bonchev–Trinajstić information content (AvgIpc) is 2.81. The number of ether oxygens (including phenoxy) is 6. The fraction of sp³-hybridized carbons (Fsp3) is 0.304. The molecular formula is C23H22O9. The number of hydrogen-bond acceptors (Lipinski definition) is 9. The molecule has 0 amide bonds. The third-order valence-corrected chi connectivity index (χ3v) is 5.05. The average molecular weight is 442 g/mol. The lowest BCUT2D eigenvalue weighted by Crippen LogP contribution is -2.37. The van der Waals surface area contributed by atoms with Crippen LogP contribution in [0.2, 0.25) is 0 Å². The van der Waals surface area contributed by atoms with Crippen LogP contribution in [0.5, 0.6) is 28.7 Å². The standard InChI is InChI=1S/C23H22O9/c1-12(24)29-11-18-20(13-5-7-15(26-2)16(9-13)27-3)32-22-17(28-4)10-14-6-8-19(25)31-21(14)23(22)30-18/h5-10,18,20H,11H2,1-4H3/t18-,20-/m1/s1. The van der Waals surface area contributed by atoms with Crippen LogP contribution in [-0.4, -0.2) is 40.0 Å². The van der Waals surface area contributed by atoms with Gasteiger partial charge >= 0.3 is 11.6 Å². The normalized spacial score (nSPS) is 17.0. The Morgan fingerprint density at radius 1 is 0.906 bits per heavy atom. The number of fused-ring (bicyclic) bond motifs is 3. The number of esters is 1. The second-order valence-corrected chi connectivity index (χ2v) is 7.02. The summed E-state index contributed by atoms with van der Waals surface area (Å²) in [4.78, 5) is 23.3. The first-order chi connectivity index (χ1) is 15.4. The van der Waals surface area contributed by atoms with E-state index in [1.807, 2.05) is 0 Å². The fourth-order valence-electron chi connectivity index (χ4n) is 3.56. The van der Waals surface area contributed by atoms with Gasteiger partial charge in [0, 0.05) is 23.9 Å². The summed E-state index contributed by atoms with van der Waals surface area (Å²) in [6.45, 7) is 1.21. The highest BCUT2D eigenvalue weighted by molar-refractivity contribution is 5.88. The van der Waals surface area contributed by atoms with Crippen LogP contribution < -0.4 is 29.3 Å². The van der Waals surface area contributed by atoms with E-state index in [0.717, 1.165) is 0 Å². The molecule has 3 aromatic rings. The monoisotopic (exact) mass is 442 g/mol. The lowest BCUT2D eigenvalue weighted by Gasteiger charge is -2.34. The van der Waals surface area contributed by atoms with Gasteiger partial charge < -0.3 is 32.8 Å². The van der Waals surface area contributed by atoms with Crippen LogP contribution in [-0.2, 0) is 9.53 Å². The highest BCUT2D eigenvalue weighted by atomic mass is 16.6. The van der Waals surface area contributed by atoms with Crippen molar-refractivity contribution in [2.24, 2.45) is 0 Å². The van der Waals surface area contributed by atoms with E-state index < -0.39 is 23.8 Å². The van der Waals surface area contributed by atoms with Crippen LogP contribution in [0.1, 0.15) is 18.6 Å². The lowest BCUT2D eigenvalue weighted by molar-refractivity contribution is -0.145. The minimum Gasteiger partial charge on any atom is -0.493 e. The molecule has 0 aliphatic carbocycles. The van der Waals surface area contributed by atoms with Crippen molar-refractivity contribution >= 4 is 16.9 Å². The van der Waals surface area contributed by atoms with Crippen molar-refractivity contribution in [3.05, 3.63) is 52.4 Å². The predicted molar refractivity (Wildman–Crippen MR) is 113 cm³/mol. The highest BCUT2D eigenvalue weighted by Crippen LogP contribution is 2.50. The van der Waals surface area contributed by atoms with Gasteiger partial charge in [-0.2, -0.15) is 0 Å². The van der Waals surface area contributed by atoms with Crippen molar-refractivity contribution in [3.63, 3.8) is 0 Å². The van der Waals surface area contributed by atoms with Crippen LogP contribution in [0.25, 0.3) is 11.0 Å². The van der Waals surface area contributed by atoms with E-state index in [2.05, 4.69) is 0 Å². The van der Waals surface area contributed by atoms with Crippen molar-refractivity contribution in [3.8, 4) is 28.7 Å². The predicted octanol–water partition coefficient (Wildman–Crippen LogP) is 3.26. The summed E-state index contributed by atoms with van der Waals surface area (Å²) in [6.07, 6.45) is -1.44. The van der Waals surface area contributed by atoms with E-state index in [1.165, 1.54) is 27.2 Å². The molecule has 2 heterocycles. The van der Waals surface area contributed by atoms with Crippen LogP contribution in [0, 0.1) is 0 Å². The third kappa shape index (κ3) is 3.89. The second-order valence-electron chi connectivity index (χ2n) is 7.02. The van der Waals surface area contributed by atoms with Gasteiger partial charge in [-0.3, -0.25) is 4.79 Å². The Hall–Kier alpha value is -3.88. The minimum absolute atomic E-state index is 0.0937. The maximum atomic E-state index is 11.8. The van der Waals surface area contributed by atoms with Crippen molar-refractivity contribution in [2.75, 3.05) is 27.9 Å². The molecule has 0 unspecified atom stereocenters.